The van der Waals surface area contributed by atoms with E-state index in [1.54, 1.807) is 41.7 Å². The van der Waals surface area contributed by atoms with Crippen molar-refractivity contribution in [2.45, 2.75) is 0 Å². The normalized spacial score (nSPS) is 14.9. The van der Waals surface area contributed by atoms with E-state index in [4.69, 9.17) is 25.4 Å². The topological polar surface area (TPSA) is 56.7 Å². The molecule has 238 valence electrons. The predicted molar refractivity (Wildman–Crippen MR) is 211 cm³/mol. The maximum absolute atomic E-state index is 9.62. The highest BCUT2D eigenvalue weighted by Crippen LogP contribution is 2.43. The second-order valence-corrected chi connectivity index (χ2v) is 13.0. The number of nitrogens with zero attached hydrogens (tertiary/aromatic N) is 4. The highest BCUT2D eigenvalue weighted by Gasteiger charge is 2.22. The van der Waals surface area contributed by atoms with Crippen molar-refractivity contribution >= 4 is 75.3 Å². The van der Waals surface area contributed by atoms with Crippen LogP contribution in [0.3, 0.4) is 0 Å². The lowest BCUT2D eigenvalue weighted by Crippen LogP contribution is -2.06. The van der Waals surface area contributed by atoms with Gasteiger partial charge in [0.05, 0.1) is 30.8 Å². The smallest absolute Gasteiger partial charge is 0.238 e. The largest absolute Gasteiger partial charge is 0.456 e. The monoisotopic (exact) mass is 681 g/mol. The molecule has 6 heteroatoms. The maximum Gasteiger partial charge on any atom is 0.238 e. The first-order valence-corrected chi connectivity index (χ1v) is 16.9. The van der Waals surface area contributed by atoms with Crippen LogP contribution in [0.4, 0.5) is 0 Å². The van der Waals surface area contributed by atoms with Crippen molar-refractivity contribution in [3.8, 4) is 39.9 Å². The van der Waals surface area contributed by atoms with Crippen LogP contribution in [-0.2, 0) is 0 Å². The molecule has 0 spiro atoms. The summed E-state index contributed by atoms with van der Waals surface area (Å²) < 4.78 is 108. The zero-order valence-corrected chi connectivity index (χ0v) is 27.1. The van der Waals surface area contributed by atoms with Crippen LogP contribution < -0.4 is 0 Å². The quantitative estimate of drug-likeness (QED) is 0.185. The van der Waals surface area contributed by atoms with Gasteiger partial charge >= 0.3 is 0 Å². The van der Waals surface area contributed by atoms with Crippen LogP contribution in [0.2, 0.25) is 0 Å². The lowest BCUT2D eigenvalue weighted by atomic mass is 9.99. The highest BCUT2D eigenvalue weighted by molar-refractivity contribution is 7.26. The molecule has 51 heavy (non-hydrogen) atoms. The standard InChI is InChI=1S/C45H26N4OS/c1-3-12-27(13-4-1)30-18-11-20-37-40(30)35-23-22-29(26-38(35)50-37)44-46-43(28-14-5-2-6-15-28)47-45(48-44)49-36-19-9-7-16-31(36)33-24-25-34-32-17-8-10-21-39(32)51-42(34)41(33)49/h1-26H/i2D,5D,6D,11D,14D,15D,18D,20D,22D,23D,26D. The lowest BCUT2D eigenvalue weighted by molar-refractivity contribution is 0.669. The zero-order chi connectivity index (χ0) is 43.0. The van der Waals surface area contributed by atoms with Crippen molar-refractivity contribution in [3.63, 3.8) is 0 Å². The molecule has 4 aromatic heterocycles. The van der Waals surface area contributed by atoms with Gasteiger partial charge in [-0.25, -0.2) is 4.98 Å². The number of para-hydroxylation sites is 1. The summed E-state index contributed by atoms with van der Waals surface area (Å²) >= 11 is 1.58. The van der Waals surface area contributed by atoms with Gasteiger partial charge in [0.1, 0.15) is 11.2 Å². The average molecular weight is 682 g/mol. The van der Waals surface area contributed by atoms with Gasteiger partial charge in [-0.1, -0.05) is 127 Å². The van der Waals surface area contributed by atoms with Crippen molar-refractivity contribution in [2.24, 2.45) is 0 Å². The van der Waals surface area contributed by atoms with Crippen molar-refractivity contribution in [3.05, 3.63) is 157 Å². The Bertz CT molecular complexity index is 3760. The van der Waals surface area contributed by atoms with E-state index in [-0.39, 0.29) is 62.3 Å². The zero-order valence-electron chi connectivity index (χ0n) is 37.3. The molecule has 0 bridgehead atoms. The third-order valence-corrected chi connectivity index (χ3v) is 10.3. The highest BCUT2D eigenvalue weighted by atomic mass is 32.1. The van der Waals surface area contributed by atoms with Gasteiger partial charge in [0.15, 0.2) is 11.6 Å². The van der Waals surface area contributed by atoms with Gasteiger partial charge < -0.3 is 4.42 Å². The SMILES string of the molecule is [2H]c1c([2H])c([2H])c(-c2nc(-c3c([2H])c([2H])c4c(oc5c([2H])c([2H])c([2H])c(-c6ccccc6)c54)c3[2H])nc(-n3c4ccccc4c4ccc5c6ccccc6sc5c43)n2)c([2H])c1[2H]. The fraction of sp³-hybridized carbons (Fsp3) is 0. The summed E-state index contributed by atoms with van der Waals surface area (Å²) in [6, 6.07) is 23.0. The summed E-state index contributed by atoms with van der Waals surface area (Å²) in [6.07, 6.45) is 0. The molecule has 0 amide bonds. The number of furan rings is 1. The van der Waals surface area contributed by atoms with Crippen LogP contribution in [0, 0.1) is 0 Å². The van der Waals surface area contributed by atoms with Crippen LogP contribution in [0.1, 0.15) is 15.1 Å². The average Bonchev–Trinajstić information content (AvgIpc) is 3.97. The summed E-state index contributed by atoms with van der Waals surface area (Å²) in [5.41, 5.74) is 1.19. The number of fused-ring (bicyclic) bond motifs is 10. The first-order chi connectivity index (χ1) is 29.9. The molecule has 0 saturated heterocycles. The molecule has 0 aliphatic carbocycles. The Hall–Kier alpha value is -6.63. The molecule has 11 aromatic rings. The minimum atomic E-state index is -0.615. The molecule has 5 nitrogen and oxygen atoms in total. The Morgan fingerprint density at radius 2 is 1.31 bits per heavy atom. The fourth-order valence-electron chi connectivity index (χ4n) is 6.87. The Kier molecular flexibility index (Phi) is 4.19. The van der Waals surface area contributed by atoms with E-state index in [9.17, 15) is 4.11 Å². The molecule has 0 aliphatic rings. The third kappa shape index (κ3) is 4.30. The third-order valence-electron chi connectivity index (χ3n) is 9.09. The van der Waals surface area contributed by atoms with Gasteiger partial charge in [-0.05, 0) is 41.4 Å². The molecule has 0 N–H and O–H groups in total. The van der Waals surface area contributed by atoms with Gasteiger partial charge in [0.2, 0.25) is 5.95 Å². The fourth-order valence-corrected chi connectivity index (χ4v) is 8.11. The molecular formula is C45H26N4OS. The van der Waals surface area contributed by atoms with Gasteiger partial charge in [-0.15, -0.1) is 11.3 Å². The molecule has 0 saturated carbocycles. The minimum absolute atomic E-state index is 0.00530. The number of thiophene rings is 1. The van der Waals surface area contributed by atoms with Crippen molar-refractivity contribution in [2.75, 3.05) is 0 Å². The van der Waals surface area contributed by atoms with Gasteiger partial charge in [0, 0.05) is 48.1 Å². The lowest BCUT2D eigenvalue weighted by Gasteiger charge is -2.11. The van der Waals surface area contributed by atoms with Crippen LogP contribution in [-0.4, -0.2) is 19.5 Å². The van der Waals surface area contributed by atoms with E-state index in [1.165, 1.54) is 0 Å². The van der Waals surface area contributed by atoms with E-state index in [0.29, 0.717) is 11.1 Å². The summed E-state index contributed by atoms with van der Waals surface area (Å²) in [6.45, 7) is 0. The maximum atomic E-state index is 9.62. The first kappa shape index (κ1) is 19.5. The molecule has 0 radical (unpaired) electrons. The Labute approximate surface area is 311 Å². The summed E-state index contributed by atoms with van der Waals surface area (Å²) in [5.74, 6) is -0.682. The van der Waals surface area contributed by atoms with Gasteiger partial charge in [-0.3, -0.25) is 4.57 Å². The molecule has 4 heterocycles. The molecule has 0 aliphatic heterocycles. The van der Waals surface area contributed by atoms with Gasteiger partial charge in [-0.2, -0.15) is 9.97 Å². The molecule has 7 aromatic carbocycles. The van der Waals surface area contributed by atoms with Crippen LogP contribution >= 0.6 is 11.3 Å². The molecule has 0 atom stereocenters. The summed E-state index contributed by atoms with van der Waals surface area (Å²) in [4.78, 5) is 14.4. The number of benzene rings is 7. The van der Waals surface area contributed by atoms with Crippen LogP contribution in [0.15, 0.2) is 162 Å². The van der Waals surface area contributed by atoms with E-state index >= 15 is 0 Å². The molecular weight excluding hydrogens is 645 g/mol. The predicted octanol–water partition coefficient (Wildman–Crippen LogP) is 12.2. The molecule has 0 fully saturated rings. The minimum Gasteiger partial charge on any atom is -0.456 e. The number of aromatic nitrogens is 4. The number of rotatable bonds is 4. The summed E-state index contributed by atoms with van der Waals surface area (Å²) in [5, 5.41) is 3.89. The molecule has 11 rings (SSSR count). The second kappa shape index (κ2) is 10.9. The Balaban J connectivity index is 1.28. The Morgan fingerprint density at radius 3 is 2.20 bits per heavy atom. The van der Waals surface area contributed by atoms with E-state index in [1.807, 2.05) is 59.2 Å². The number of hydrogen-bond donors (Lipinski definition) is 0. The van der Waals surface area contributed by atoms with Crippen LogP contribution in [0.5, 0.6) is 0 Å². The number of hydrogen-bond acceptors (Lipinski definition) is 5. The summed E-state index contributed by atoms with van der Waals surface area (Å²) in [7, 11) is 0. The first-order valence-electron chi connectivity index (χ1n) is 21.6. The van der Waals surface area contributed by atoms with Crippen molar-refractivity contribution in [1.29, 1.82) is 0 Å². The van der Waals surface area contributed by atoms with Gasteiger partial charge in [0.25, 0.3) is 0 Å². The van der Waals surface area contributed by atoms with E-state index in [0.717, 1.165) is 36.5 Å². The Morgan fingerprint density at radius 1 is 0.549 bits per heavy atom. The van der Waals surface area contributed by atoms with Crippen LogP contribution in [0.25, 0.3) is 104 Å². The van der Waals surface area contributed by atoms with E-state index in [2.05, 4.69) is 11.1 Å². The molecule has 0 unspecified atom stereocenters. The van der Waals surface area contributed by atoms with Crippen molar-refractivity contribution in [1.82, 2.24) is 19.5 Å². The second-order valence-electron chi connectivity index (χ2n) is 11.9. The van der Waals surface area contributed by atoms with E-state index < -0.39 is 60.4 Å². The van der Waals surface area contributed by atoms with Crippen molar-refractivity contribution < 1.29 is 19.5 Å².